The van der Waals surface area contributed by atoms with E-state index in [4.69, 9.17) is 0 Å². The molecule has 1 aliphatic carbocycles. The average Bonchev–Trinajstić information content (AvgIpc) is 3.01. The molecule has 2 N–H and O–H groups in total. The summed E-state index contributed by atoms with van der Waals surface area (Å²) in [5.41, 5.74) is 1.50. The monoisotopic (exact) mass is 290 g/mol. The van der Waals surface area contributed by atoms with E-state index < -0.39 is 0 Å². The summed E-state index contributed by atoms with van der Waals surface area (Å²) < 4.78 is 1.85. The van der Waals surface area contributed by atoms with Crippen molar-refractivity contribution in [2.75, 3.05) is 13.1 Å². The fourth-order valence-electron chi connectivity index (χ4n) is 2.55. The fraction of sp³-hybridized carbons (Fsp3) is 0.625. The van der Waals surface area contributed by atoms with Crippen molar-refractivity contribution in [2.24, 2.45) is 0 Å². The standard InChI is InChI=1S/C16H26N4O/c1-14(17-11-13-20-12-5-9-19-20)16(21)18-10-8-15-6-3-2-4-7-15/h5-6,9,12,14,17H,2-4,7-8,10-11,13H2,1H3,(H,18,21). The number of nitrogens with one attached hydrogen (secondary N) is 2. The number of nitrogens with zero attached hydrogens (tertiary/aromatic N) is 2. The molecule has 0 bridgehead atoms. The summed E-state index contributed by atoms with van der Waals surface area (Å²) in [6.07, 6.45) is 12.0. The fourth-order valence-corrected chi connectivity index (χ4v) is 2.55. The molecule has 2 rings (SSSR count). The van der Waals surface area contributed by atoms with Gasteiger partial charge in [0, 0.05) is 25.5 Å². The minimum Gasteiger partial charge on any atom is -0.354 e. The Morgan fingerprint density at radius 1 is 1.43 bits per heavy atom. The maximum atomic E-state index is 12.0. The predicted molar refractivity (Wildman–Crippen MR) is 83.9 cm³/mol. The van der Waals surface area contributed by atoms with Crippen LogP contribution in [-0.2, 0) is 11.3 Å². The summed E-state index contributed by atoms with van der Waals surface area (Å²) in [4.78, 5) is 12.0. The van der Waals surface area contributed by atoms with Gasteiger partial charge in [-0.15, -0.1) is 0 Å². The minimum absolute atomic E-state index is 0.0758. The van der Waals surface area contributed by atoms with Crippen LogP contribution in [0.3, 0.4) is 0 Å². The Bertz CT molecular complexity index is 453. The van der Waals surface area contributed by atoms with Crippen LogP contribution in [-0.4, -0.2) is 34.8 Å². The summed E-state index contributed by atoms with van der Waals surface area (Å²) in [6.45, 7) is 4.16. The van der Waals surface area contributed by atoms with Gasteiger partial charge in [-0.3, -0.25) is 9.48 Å². The van der Waals surface area contributed by atoms with Gasteiger partial charge >= 0.3 is 0 Å². The topological polar surface area (TPSA) is 59.0 Å². The molecule has 0 radical (unpaired) electrons. The lowest BCUT2D eigenvalue weighted by Crippen LogP contribution is -2.43. The average molecular weight is 290 g/mol. The van der Waals surface area contributed by atoms with Crippen molar-refractivity contribution in [1.29, 1.82) is 0 Å². The molecule has 0 fully saturated rings. The first-order valence-electron chi connectivity index (χ1n) is 7.92. The Labute approximate surface area is 126 Å². The van der Waals surface area contributed by atoms with E-state index in [-0.39, 0.29) is 11.9 Å². The molecule has 1 amide bonds. The molecule has 1 heterocycles. The van der Waals surface area contributed by atoms with Gasteiger partial charge in [-0.2, -0.15) is 5.10 Å². The van der Waals surface area contributed by atoms with Crippen molar-refractivity contribution < 1.29 is 4.79 Å². The molecule has 1 unspecified atom stereocenters. The molecular formula is C16H26N4O. The van der Waals surface area contributed by atoms with E-state index in [1.807, 2.05) is 23.9 Å². The highest BCUT2D eigenvalue weighted by Gasteiger charge is 2.11. The van der Waals surface area contributed by atoms with Gasteiger partial charge < -0.3 is 10.6 Å². The molecule has 5 nitrogen and oxygen atoms in total. The number of allylic oxidation sites excluding steroid dienone is 1. The number of hydrogen-bond acceptors (Lipinski definition) is 3. The van der Waals surface area contributed by atoms with Crippen LogP contribution in [0.2, 0.25) is 0 Å². The Balaban J connectivity index is 1.57. The first-order chi connectivity index (χ1) is 10.3. The van der Waals surface area contributed by atoms with E-state index in [1.165, 1.54) is 31.3 Å². The lowest BCUT2D eigenvalue weighted by Gasteiger charge is -2.16. The van der Waals surface area contributed by atoms with E-state index >= 15 is 0 Å². The SMILES string of the molecule is CC(NCCn1cccn1)C(=O)NCCC1=CCCCC1. The highest BCUT2D eigenvalue weighted by Crippen LogP contribution is 2.19. The predicted octanol–water partition coefficient (Wildman–Crippen LogP) is 1.87. The van der Waals surface area contributed by atoms with Crippen molar-refractivity contribution in [3.63, 3.8) is 0 Å². The van der Waals surface area contributed by atoms with Crippen LogP contribution in [0.4, 0.5) is 0 Å². The first kappa shape index (κ1) is 15.8. The van der Waals surface area contributed by atoms with Gasteiger partial charge in [-0.1, -0.05) is 11.6 Å². The van der Waals surface area contributed by atoms with Crippen LogP contribution in [0.5, 0.6) is 0 Å². The van der Waals surface area contributed by atoms with E-state index in [1.54, 1.807) is 6.20 Å². The van der Waals surface area contributed by atoms with Crippen LogP contribution >= 0.6 is 0 Å². The summed E-state index contributed by atoms with van der Waals surface area (Å²) in [6, 6.07) is 1.73. The summed E-state index contributed by atoms with van der Waals surface area (Å²) in [5, 5.41) is 10.4. The largest absolute Gasteiger partial charge is 0.354 e. The van der Waals surface area contributed by atoms with Gasteiger partial charge in [0.05, 0.1) is 12.6 Å². The number of aromatic nitrogens is 2. The maximum absolute atomic E-state index is 12.0. The second-order valence-electron chi connectivity index (χ2n) is 5.59. The Hall–Kier alpha value is -1.62. The van der Waals surface area contributed by atoms with E-state index in [0.29, 0.717) is 0 Å². The zero-order chi connectivity index (χ0) is 14.9. The van der Waals surface area contributed by atoms with Crippen molar-refractivity contribution in [1.82, 2.24) is 20.4 Å². The third-order valence-electron chi connectivity index (χ3n) is 3.87. The zero-order valence-electron chi connectivity index (χ0n) is 12.8. The molecule has 0 aromatic carbocycles. The van der Waals surface area contributed by atoms with E-state index in [0.717, 1.165) is 26.1 Å². The molecular weight excluding hydrogens is 264 g/mol. The van der Waals surface area contributed by atoms with Gasteiger partial charge in [-0.25, -0.2) is 0 Å². The lowest BCUT2D eigenvalue weighted by atomic mass is 9.97. The van der Waals surface area contributed by atoms with Crippen molar-refractivity contribution in [3.05, 3.63) is 30.1 Å². The highest BCUT2D eigenvalue weighted by atomic mass is 16.2. The van der Waals surface area contributed by atoms with Crippen molar-refractivity contribution in [2.45, 2.75) is 51.6 Å². The second kappa shape index (κ2) is 8.62. The maximum Gasteiger partial charge on any atom is 0.236 e. The van der Waals surface area contributed by atoms with Crippen LogP contribution in [0.25, 0.3) is 0 Å². The van der Waals surface area contributed by atoms with Gasteiger partial charge in [0.15, 0.2) is 0 Å². The van der Waals surface area contributed by atoms with Gasteiger partial charge in [0.2, 0.25) is 5.91 Å². The highest BCUT2D eigenvalue weighted by molar-refractivity contribution is 5.81. The Morgan fingerprint density at radius 3 is 3.05 bits per heavy atom. The molecule has 0 saturated carbocycles. The van der Waals surface area contributed by atoms with Crippen LogP contribution in [0.15, 0.2) is 30.1 Å². The van der Waals surface area contributed by atoms with Crippen LogP contribution in [0, 0.1) is 0 Å². The van der Waals surface area contributed by atoms with Gasteiger partial charge in [0.25, 0.3) is 0 Å². The normalized spacial score (nSPS) is 16.3. The number of hydrogen-bond donors (Lipinski definition) is 2. The molecule has 5 heteroatoms. The molecule has 1 atom stereocenters. The summed E-state index contributed by atoms with van der Waals surface area (Å²) in [7, 11) is 0. The molecule has 21 heavy (non-hydrogen) atoms. The number of carbonyl (C=O) groups excluding carboxylic acids is 1. The van der Waals surface area contributed by atoms with E-state index in [2.05, 4.69) is 21.8 Å². The van der Waals surface area contributed by atoms with Crippen LogP contribution in [0.1, 0.15) is 39.0 Å². The molecule has 1 aromatic rings. The lowest BCUT2D eigenvalue weighted by molar-refractivity contribution is -0.122. The minimum atomic E-state index is -0.166. The molecule has 1 aromatic heterocycles. The number of rotatable bonds is 8. The molecule has 0 spiro atoms. The number of amides is 1. The summed E-state index contributed by atoms with van der Waals surface area (Å²) in [5.74, 6) is 0.0758. The molecule has 0 saturated heterocycles. The number of carbonyl (C=O) groups is 1. The van der Waals surface area contributed by atoms with Crippen LogP contribution < -0.4 is 10.6 Å². The van der Waals surface area contributed by atoms with Gasteiger partial charge in [-0.05, 0) is 45.1 Å². The first-order valence-corrected chi connectivity index (χ1v) is 7.92. The Morgan fingerprint density at radius 2 is 2.33 bits per heavy atom. The second-order valence-corrected chi connectivity index (χ2v) is 5.59. The molecule has 0 aliphatic heterocycles. The Kier molecular flexibility index (Phi) is 6.47. The third kappa shape index (κ3) is 5.71. The summed E-state index contributed by atoms with van der Waals surface area (Å²) >= 11 is 0. The van der Waals surface area contributed by atoms with E-state index in [9.17, 15) is 4.79 Å². The zero-order valence-corrected chi connectivity index (χ0v) is 12.8. The van der Waals surface area contributed by atoms with Crippen molar-refractivity contribution in [3.8, 4) is 0 Å². The van der Waals surface area contributed by atoms with Gasteiger partial charge in [0.1, 0.15) is 0 Å². The third-order valence-corrected chi connectivity index (χ3v) is 3.87. The van der Waals surface area contributed by atoms with Crippen molar-refractivity contribution >= 4 is 5.91 Å². The molecule has 116 valence electrons. The quantitative estimate of drug-likeness (QED) is 0.719. The molecule has 1 aliphatic rings. The smallest absolute Gasteiger partial charge is 0.236 e.